The largest absolute Gasteiger partial charge is 0.339 e. The Hall–Kier alpha value is -0.320. The van der Waals surface area contributed by atoms with E-state index in [1.807, 2.05) is 11.8 Å². The van der Waals surface area contributed by atoms with Crippen molar-refractivity contribution in [1.82, 2.24) is 15.1 Å². The minimum absolute atomic E-state index is 0. The van der Waals surface area contributed by atoms with Gasteiger partial charge in [-0.15, -0.1) is 12.4 Å². The van der Waals surface area contributed by atoms with E-state index in [4.69, 9.17) is 0 Å². The summed E-state index contributed by atoms with van der Waals surface area (Å²) in [6.45, 7) is 5.75. The maximum absolute atomic E-state index is 12.0. The van der Waals surface area contributed by atoms with Crippen molar-refractivity contribution in [2.45, 2.75) is 31.8 Å². The van der Waals surface area contributed by atoms with Crippen LogP contribution in [0.4, 0.5) is 0 Å². The average Bonchev–Trinajstić information content (AvgIpc) is 3.02. The Bertz CT molecular complexity index is 237. The van der Waals surface area contributed by atoms with Crippen LogP contribution in [-0.2, 0) is 4.79 Å². The zero-order chi connectivity index (χ0) is 10.8. The van der Waals surface area contributed by atoms with Crippen LogP contribution in [0.5, 0.6) is 0 Å². The monoisotopic (exact) mass is 247 g/mol. The Morgan fingerprint density at radius 1 is 1.25 bits per heavy atom. The lowest BCUT2D eigenvalue weighted by molar-refractivity contribution is -0.134. The third-order valence-corrected chi connectivity index (χ3v) is 3.25. The third kappa shape index (κ3) is 3.61. The van der Waals surface area contributed by atoms with Gasteiger partial charge in [0.05, 0.1) is 6.04 Å². The first-order chi connectivity index (χ1) is 7.16. The van der Waals surface area contributed by atoms with Gasteiger partial charge in [-0.25, -0.2) is 0 Å². The highest BCUT2D eigenvalue weighted by molar-refractivity contribution is 5.85. The van der Waals surface area contributed by atoms with E-state index in [0.29, 0.717) is 6.04 Å². The first kappa shape index (κ1) is 13.7. The lowest BCUT2D eigenvalue weighted by atomic mass is 10.2. The smallest absolute Gasteiger partial charge is 0.239 e. The zero-order valence-electron chi connectivity index (χ0n) is 10.1. The molecular formula is C11H22ClN3O. The van der Waals surface area contributed by atoms with Crippen molar-refractivity contribution in [1.29, 1.82) is 0 Å². The van der Waals surface area contributed by atoms with E-state index >= 15 is 0 Å². The number of hydrogen-bond donors (Lipinski definition) is 1. The van der Waals surface area contributed by atoms with Crippen molar-refractivity contribution in [3.05, 3.63) is 0 Å². The fourth-order valence-corrected chi connectivity index (χ4v) is 1.98. The van der Waals surface area contributed by atoms with Crippen LogP contribution in [0.2, 0.25) is 0 Å². The van der Waals surface area contributed by atoms with Gasteiger partial charge in [0, 0.05) is 32.2 Å². The highest BCUT2D eigenvalue weighted by Gasteiger charge is 2.28. The quantitative estimate of drug-likeness (QED) is 0.781. The van der Waals surface area contributed by atoms with Crippen molar-refractivity contribution >= 4 is 18.3 Å². The second-order valence-corrected chi connectivity index (χ2v) is 4.79. The molecule has 1 heterocycles. The summed E-state index contributed by atoms with van der Waals surface area (Å²) >= 11 is 0. The summed E-state index contributed by atoms with van der Waals surface area (Å²) in [6, 6.07) is 0.609. The highest BCUT2D eigenvalue weighted by Crippen LogP contribution is 2.19. The molecule has 0 aromatic rings. The molecular weight excluding hydrogens is 226 g/mol. The third-order valence-electron chi connectivity index (χ3n) is 3.25. The minimum Gasteiger partial charge on any atom is -0.339 e. The van der Waals surface area contributed by atoms with Crippen molar-refractivity contribution in [2.75, 3.05) is 33.2 Å². The first-order valence-electron chi connectivity index (χ1n) is 5.90. The Morgan fingerprint density at radius 3 is 2.31 bits per heavy atom. The molecule has 1 saturated heterocycles. The van der Waals surface area contributed by atoms with Gasteiger partial charge in [0.1, 0.15) is 0 Å². The van der Waals surface area contributed by atoms with Crippen LogP contribution in [0.3, 0.4) is 0 Å². The van der Waals surface area contributed by atoms with E-state index < -0.39 is 0 Å². The van der Waals surface area contributed by atoms with Crippen molar-refractivity contribution < 1.29 is 4.79 Å². The van der Waals surface area contributed by atoms with Gasteiger partial charge in [-0.2, -0.15) is 0 Å². The molecule has 1 saturated carbocycles. The van der Waals surface area contributed by atoms with Crippen LogP contribution in [0.25, 0.3) is 0 Å². The van der Waals surface area contributed by atoms with Crippen molar-refractivity contribution in [3.63, 3.8) is 0 Å². The number of likely N-dealkylation sites (N-methyl/N-ethyl adjacent to an activating group) is 1. The number of amides is 1. The maximum Gasteiger partial charge on any atom is 0.239 e. The SMILES string of the molecule is CC(NC1CC1)C(=O)N1CCN(C)CC1.Cl. The predicted molar refractivity (Wildman–Crippen MR) is 66.9 cm³/mol. The van der Waals surface area contributed by atoms with Crippen LogP contribution in [-0.4, -0.2) is 61.0 Å². The van der Waals surface area contributed by atoms with E-state index in [2.05, 4.69) is 17.3 Å². The van der Waals surface area contributed by atoms with Gasteiger partial charge < -0.3 is 15.1 Å². The normalized spacial score (nSPS) is 23.8. The number of rotatable bonds is 3. The van der Waals surface area contributed by atoms with Crippen LogP contribution < -0.4 is 5.32 Å². The Balaban J connectivity index is 0.00000128. The highest BCUT2D eigenvalue weighted by atomic mass is 35.5. The van der Waals surface area contributed by atoms with Crippen molar-refractivity contribution in [2.24, 2.45) is 0 Å². The Kier molecular flexibility index (Phi) is 5.02. The number of halogens is 1. The predicted octanol–water partition coefficient (Wildman–Crippen LogP) is 0.323. The molecule has 1 N–H and O–H groups in total. The molecule has 94 valence electrons. The van der Waals surface area contributed by atoms with Gasteiger partial charge in [-0.3, -0.25) is 4.79 Å². The van der Waals surface area contributed by atoms with E-state index in [-0.39, 0.29) is 24.4 Å². The molecule has 2 rings (SSSR count). The number of nitrogens with one attached hydrogen (secondary N) is 1. The topological polar surface area (TPSA) is 35.6 Å². The molecule has 0 radical (unpaired) electrons. The molecule has 4 nitrogen and oxygen atoms in total. The van der Waals surface area contributed by atoms with E-state index in [1.165, 1.54) is 12.8 Å². The van der Waals surface area contributed by atoms with E-state index in [9.17, 15) is 4.79 Å². The molecule has 1 unspecified atom stereocenters. The molecule has 5 heteroatoms. The number of hydrogen-bond acceptors (Lipinski definition) is 3. The number of carbonyl (C=O) groups excluding carboxylic acids is 1. The lowest BCUT2D eigenvalue weighted by Gasteiger charge is -2.34. The van der Waals surface area contributed by atoms with Gasteiger partial charge >= 0.3 is 0 Å². The summed E-state index contributed by atoms with van der Waals surface area (Å²) in [6.07, 6.45) is 2.47. The molecule has 0 aromatic carbocycles. The molecule has 1 amide bonds. The molecule has 16 heavy (non-hydrogen) atoms. The summed E-state index contributed by atoms with van der Waals surface area (Å²) in [5.41, 5.74) is 0. The van der Waals surface area contributed by atoms with Gasteiger partial charge in [0.25, 0.3) is 0 Å². The van der Waals surface area contributed by atoms with Crippen LogP contribution in [0, 0.1) is 0 Å². The molecule has 2 fully saturated rings. The molecule has 0 aromatic heterocycles. The molecule has 1 aliphatic heterocycles. The second kappa shape index (κ2) is 5.84. The summed E-state index contributed by atoms with van der Waals surface area (Å²) in [7, 11) is 2.10. The summed E-state index contributed by atoms with van der Waals surface area (Å²) < 4.78 is 0. The first-order valence-corrected chi connectivity index (χ1v) is 5.90. The fraction of sp³-hybridized carbons (Fsp3) is 0.909. The Labute approximate surface area is 104 Å². The molecule has 0 bridgehead atoms. The van der Waals surface area contributed by atoms with E-state index in [0.717, 1.165) is 26.2 Å². The zero-order valence-corrected chi connectivity index (χ0v) is 10.9. The number of piperazine rings is 1. The minimum atomic E-state index is 0. The number of carbonyl (C=O) groups is 1. The fourth-order valence-electron chi connectivity index (χ4n) is 1.98. The van der Waals surface area contributed by atoms with Gasteiger partial charge in [0.15, 0.2) is 0 Å². The average molecular weight is 248 g/mol. The van der Waals surface area contributed by atoms with Crippen LogP contribution in [0.15, 0.2) is 0 Å². The molecule has 0 spiro atoms. The van der Waals surface area contributed by atoms with Crippen LogP contribution >= 0.6 is 12.4 Å². The summed E-state index contributed by atoms with van der Waals surface area (Å²) in [4.78, 5) is 16.3. The van der Waals surface area contributed by atoms with Crippen LogP contribution in [0.1, 0.15) is 19.8 Å². The number of nitrogens with zero attached hydrogens (tertiary/aromatic N) is 2. The Morgan fingerprint density at radius 2 is 1.81 bits per heavy atom. The second-order valence-electron chi connectivity index (χ2n) is 4.79. The maximum atomic E-state index is 12.0. The molecule has 1 atom stereocenters. The lowest BCUT2D eigenvalue weighted by Crippen LogP contribution is -2.52. The van der Waals surface area contributed by atoms with Gasteiger partial charge in [0.2, 0.25) is 5.91 Å². The van der Waals surface area contributed by atoms with E-state index in [1.54, 1.807) is 0 Å². The van der Waals surface area contributed by atoms with Gasteiger partial charge in [-0.05, 0) is 26.8 Å². The molecule has 1 aliphatic carbocycles. The van der Waals surface area contributed by atoms with Gasteiger partial charge in [-0.1, -0.05) is 0 Å². The summed E-state index contributed by atoms with van der Waals surface area (Å²) in [5.74, 6) is 0.273. The summed E-state index contributed by atoms with van der Waals surface area (Å²) in [5, 5.41) is 3.36. The van der Waals surface area contributed by atoms with Crippen molar-refractivity contribution in [3.8, 4) is 0 Å². The molecule has 2 aliphatic rings. The standard InChI is InChI=1S/C11H21N3O.ClH/c1-9(12-10-3-4-10)11(15)14-7-5-13(2)6-8-14;/h9-10,12H,3-8H2,1-2H3;1H.